The molecular formula is C17H15N7O. The third kappa shape index (κ3) is 3.23. The lowest BCUT2D eigenvalue weighted by atomic mass is 10.1. The average molecular weight is 333 g/mol. The van der Waals surface area contributed by atoms with Crippen LogP contribution in [0.1, 0.15) is 21.6 Å². The van der Waals surface area contributed by atoms with Gasteiger partial charge >= 0.3 is 0 Å². The summed E-state index contributed by atoms with van der Waals surface area (Å²) in [4.78, 5) is 20.6. The van der Waals surface area contributed by atoms with Gasteiger partial charge in [0.15, 0.2) is 11.3 Å². The van der Waals surface area contributed by atoms with Crippen LogP contribution in [0, 0.1) is 6.92 Å². The Morgan fingerprint density at radius 3 is 2.92 bits per heavy atom. The van der Waals surface area contributed by atoms with Crippen LogP contribution in [0.15, 0.2) is 55.1 Å². The quantitative estimate of drug-likeness (QED) is 0.616. The molecule has 1 N–H and O–H groups in total. The third-order valence-electron chi connectivity index (χ3n) is 3.66. The van der Waals surface area contributed by atoms with Gasteiger partial charge in [0.1, 0.15) is 6.33 Å². The van der Waals surface area contributed by atoms with Crippen LogP contribution in [0.5, 0.6) is 0 Å². The first-order valence-electron chi connectivity index (χ1n) is 7.74. The van der Waals surface area contributed by atoms with Crippen LogP contribution in [0.3, 0.4) is 0 Å². The molecule has 0 unspecified atom stereocenters. The van der Waals surface area contributed by atoms with Crippen LogP contribution >= 0.6 is 0 Å². The second-order valence-electron chi connectivity index (χ2n) is 5.66. The zero-order valence-electron chi connectivity index (χ0n) is 13.5. The molecule has 3 heterocycles. The van der Waals surface area contributed by atoms with E-state index < -0.39 is 0 Å². The molecule has 0 radical (unpaired) electrons. The number of carbonyl (C=O) groups is 1. The monoisotopic (exact) mass is 333 g/mol. The largest absolute Gasteiger partial charge is 0.288 e. The molecule has 0 atom stereocenters. The van der Waals surface area contributed by atoms with Crippen molar-refractivity contribution in [3.8, 4) is 0 Å². The van der Waals surface area contributed by atoms with Gasteiger partial charge in [-0.05, 0) is 18.6 Å². The van der Waals surface area contributed by atoms with E-state index in [0.717, 1.165) is 5.56 Å². The van der Waals surface area contributed by atoms with Gasteiger partial charge in [-0.15, -0.1) is 5.10 Å². The van der Waals surface area contributed by atoms with Crippen molar-refractivity contribution in [3.05, 3.63) is 71.9 Å². The van der Waals surface area contributed by atoms with Gasteiger partial charge in [-0.3, -0.25) is 10.1 Å². The van der Waals surface area contributed by atoms with Crippen LogP contribution in [0.2, 0.25) is 0 Å². The Hall–Kier alpha value is -3.55. The van der Waals surface area contributed by atoms with Crippen molar-refractivity contribution >= 4 is 17.5 Å². The maximum absolute atomic E-state index is 12.3. The minimum atomic E-state index is -0.376. The van der Waals surface area contributed by atoms with Crippen LogP contribution in [-0.2, 0) is 6.54 Å². The van der Waals surface area contributed by atoms with Crippen LogP contribution in [0.4, 0.5) is 5.95 Å². The molecule has 4 rings (SSSR count). The third-order valence-corrected chi connectivity index (χ3v) is 3.66. The average Bonchev–Trinajstić information content (AvgIpc) is 3.21. The summed E-state index contributed by atoms with van der Waals surface area (Å²) in [6.07, 6.45) is 4.96. The summed E-state index contributed by atoms with van der Waals surface area (Å²) in [6, 6.07) is 11.5. The van der Waals surface area contributed by atoms with Crippen molar-refractivity contribution in [2.45, 2.75) is 13.5 Å². The Kier molecular flexibility index (Phi) is 3.70. The number of nitrogens with one attached hydrogen (secondary N) is 1. The van der Waals surface area contributed by atoms with E-state index >= 15 is 0 Å². The fraction of sp³-hybridized carbons (Fsp3) is 0.118. The van der Waals surface area contributed by atoms with E-state index in [-0.39, 0.29) is 17.5 Å². The molecule has 1 aromatic carbocycles. The van der Waals surface area contributed by atoms with Crippen molar-refractivity contribution in [2.24, 2.45) is 0 Å². The van der Waals surface area contributed by atoms with E-state index in [4.69, 9.17) is 0 Å². The minimum absolute atomic E-state index is 0.239. The maximum Gasteiger partial charge on any atom is 0.278 e. The summed E-state index contributed by atoms with van der Waals surface area (Å²) in [5, 5.41) is 11.1. The number of amides is 1. The summed E-state index contributed by atoms with van der Waals surface area (Å²) in [6.45, 7) is 2.63. The first kappa shape index (κ1) is 15.0. The number of rotatable bonds is 4. The molecule has 0 aliphatic carbocycles. The molecule has 0 fully saturated rings. The molecular weight excluding hydrogens is 318 g/mol. The summed E-state index contributed by atoms with van der Waals surface area (Å²) < 4.78 is 3.22. The highest BCUT2D eigenvalue weighted by atomic mass is 16.2. The molecule has 4 aromatic rings. The van der Waals surface area contributed by atoms with Crippen molar-refractivity contribution in [2.75, 3.05) is 5.32 Å². The van der Waals surface area contributed by atoms with Gasteiger partial charge in [-0.2, -0.15) is 5.10 Å². The predicted octanol–water partition coefficient (Wildman–Crippen LogP) is 1.93. The zero-order valence-corrected chi connectivity index (χ0v) is 13.5. The number of anilines is 1. The molecule has 0 spiro atoms. The molecule has 8 nitrogen and oxygen atoms in total. The normalized spacial score (nSPS) is 10.9. The summed E-state index contributed by atoms with van der Waals surface area (Å²) >= 11 is 0. The zero-order chi connectivity index (χ0) is 17.2. The van der Waals surface area contributed by atoms with Gasteiger partial charge in [-0.25, -0.2) is 19.2 Å². The van der Waals surface area contributed by atoms with Gasteiger partial charge in [0.2, 0.25) is 5.95 Å². The fourth-order valence-corrected chi connectivity index (χ4v) is 2.53. The molecule has 0 saturated carbocycles. The SMILES string of the molecule is Cc1cccc(Cn2cnc(NC(=O)c3cc4ncccn4n3)n2)c1. The van der Waals surface area contributed by atoms with Gasteiger partial charge in [-0.1, -0.05) is 29.8 Å². The molecule has 0 saturated heterocycles. The highest BCUT2D eigenvalue weighted by Crippen LogP contribution is 2.08. The van der Waals surface area contributed by atoms with E-state index in [9.17, 15) is 4.79 Å². The van der Waals surface area contributed by atoms with Crippen molar-refractivity contribution in [3.63, 3.8) is 0 Å². The highest BCUT2D eigenvalue weighted by Gasteiger charge is 2.13. The summed E-state index contributed by atoms with van der Waals surface area (Å²) in [5.74, 6) is -0.138. The Morgan fingerprint density at radius 2 is 2.08 bits per heavy atom. The lowest BCUT2D eigenvalue weighted by Gasteiger charge is -2.02. The summed E-state index contributed by atoms with van der Waals surface area (Å²) in [5.41, 5.74) is 3.17. The minimum Gasteiger partial charge on any atom is -0.288 e. The molecule has 124 valence electrons. The van der Waals surface area contributed by atoms with Gasteiger partial charge < -0.3 is 0 Å². The smallest absolute Gasteiger partial charge is 0.278 e. The molecule has 0 aliphatic heterocycles. The first-order valence-corrected chi connectivity index (χ1v) is 7.74. The standard InChI is InChI=1S/C17H15N7O/c1-12-4-2-5-13(8-12)10-23-11-19-17(22-23)20-16(25)14-9-15-18-6-3-7-24(15)21-14/h2-9,11H,10H2,1H3,(H,20,22,25). The van der Waals surface area contributed by atoms with Gasteiger partial charge in [0, 0.05) is 18.5 Å². The molecule has 0 bridgehead atoms. The van der Waals surface area contributed by atoms with E-state index in [0.29, 0.717) is 12.2 Å². The molecule has 0 aliphatic rings. The highest BCUT2D eigenvalue weighted by molar-refractivity contribution is 6.02. The second kappa shape index (κ2) is 6.16. The number of benzene rings is 1. The number of aryl methyl sites for hydroxylation is 1. The Bertz CT molecular complexity index is 1020. The number of hydrogen-bond acceptors (Lipinski definition) is 5. The maximum atomic E-state index is 12.3. The number of fused-ring (bicyclic) bond motifs is 1. The van der Waals surface area contributed by atoms with Crippen LogP contribution in [-0.4, -0.2) is 35.3 Å². The Morgan fingerprint density at radius 1 is 1.16 bits per heavy atom. The Labute approximate surface area is 143 Å². The van der Waals surface area contributed by atoms with Crippen LogP contribution < -0.4 is 5.32 Å². The predicted molar refractivity (Wildman–Crippen MR) is 91.2 cm³/mol. The number of aromatic nitrogens is 6. The lowest BCUT2D eigenvalue weighted by Crippen LogP contribution is -2.14. The number of nitrogens with zero attached hydrogens (tertiary/aromatic N) is 6. The van der Waals surface area contributed by atoms with Gasteiger partial charge in [0.05, 0.1) is 6.54 Å². The number of carbonyl (C=O) groups excluding carboxylic acids is 1. The summed E-state index contributed by atoms with van der Waals surface area (Å²) in [7, 11) is 0. The van der Waals surface area contributed by atoms with Crippen LogP contribution in [0.25, 0.3) is 5.65 Å². The lowest BCUT2D eigenvalue weighted by molar-refractivity contribution is 0.102. The van der Waals surface area contributed by atoms with Crippen molar-refractivity contribution in [1.29, 1.82) is 0 Å². The van der Waals surface area contributed by atoms with Gasteiger partial charge in [0.25, 0.3) is 5.91 Å². The fourth-order valence-electron chi connectivity index (χ4n) is 2.53. The second-order valence-corrected chi connectivity index (χ2v) is 5.66. The van der Waals surface area contributed by atoms with E-state index in [1.54, 1.807) is 40.1 Å². The molecule has 3 aromatic heterocycles. The Balaban J connectivity index is 1.47. The van der Waals surface area contributed by atoms with Crippen molar-refractivity contribution < 1.29 is 4.79 Å². The molecule has 1 amide bonds. The van der Waals surface area contributed by atoms with E-state index in [2.05, 4.69) is 31.5 Å². The topological polar surface area (TPSA) is 90.0 Å². The van der Waals surface area contributed by atoms with E-state index in [1.165, 1.54) is 5.56 Å². The first-order chi connectivity index (χ1) is 12.2. The van der Waals surface area contributed by atoms with E-state index in [1.807, 2.05) is 25.1 Å². The molecule has 25 heavy (non-hydrogen) atoms. The number of hydrogen-bond donors (Lipinski definition) is 1. The van der Waals surface area contributed by atoms with Crippen molar-refractivity contribution in [1.82, 2.24) is 29.4 Å². The molecule has 8 heteroatoms.